The lowest BCUT2D eigenvalue weighted by Crippen LogP contribution is -2.52. The second kappa shape index (κ2) is 11.8. The minimum absolute atomic E-state index is 0.129. The summed E-state index contributed by atoms with van der Waals surface area (Å²) in [6.45, 7) is 5.95. The van der Waals surface area contributed by atoms with E-state index in [2.05, 4.69) is 29.2 Å². The predicted octanol–water partition coefficient (Wildman–Crippen LogP) is 4.76. The molecule has 7 heteroatoms. The van der Waals surface area contributed by atoms with Crippen molar-refractivity contribution in [1.29, 1.82) is 0 Å². The van der Waals surface area contributed by atoms with Gasteiger partial charge >= 0.3 is 6.09 Å². The fourth-order valence-corrected chi connectivity index (χ4v) is 6.20. The summed E-state index contributed by atoms with van der Waals surface area (Å²) in [5.41, 5.74) is 1.28. The Morgan fingerprint density at radius 1 is 1.03 bits per heavy atom. The number of carbonyl (C=O) groups is 2. The van der Waals surface area contributed by atoms with E-state index in [1.807, 2.05) is 47.4 Å². The molecule has 0 N–H and O–H groups in total. The van der Waals surface area contributed by atoms with Crippen molar-refractivity contribution in [2.24, 2.45) is 5.92 Å². The van der Waals surface area contributed by atoms with Crippen LogP contribution in [-0.4, -0.2) is 78.6 Å². The van der Waals surface area contributed by atoms with E-state index in [1.165, 1.54) is 16.9 Å². The first kappa shape index (κ1) is 24.7. The topological polar surface area (TPSA) is 53.1 Å². The summed E-state index contributed by atoms with van der Waals surface area (Å²) in [5.74, 6) is 0.606. The average molecular weight is 484 g/mol. The smallest absolute Gasteiger partial charge is 0.409 e. The fourth-order valence-electron chi connectivity index (χ4n) is 5.50. The van der Waals surface area contributed by atoms with Crippen LogP contribution in [0.3, 0.4) is 0 Å². The molecular weight excluding hydrogens is 446 g/mol. The number of likely N-dealkylation sites (tertiary alicyclic amines) is 2. The standard InChI is InChI=1S/C27H37N3O3S/c1-3-33-27(32)30-17-13-23(14-18-30)29-15-11-22(12-16-29)24(20-21-8-5-4-6-9-21)28(2)26(31)25-10-7-19-34-25/h4-10,19,22-24H,3,11-18,20H2,1-2H3/t24-/m1/s1. The second-order valence-corrected chi connectivity index (χ2v) is 10.4. The molecule has 2 aromatic rings. The van der Waals surface area contributed by atoms with Gasteiger partial charge in [-0.25, -0.2) is 4.79 Å². The molecule has 4 rings (SSSR count). The van der Waals surface area contributed by atoms with E-state index < -0.39 is 0 Å². The lowest BCUT2D eigenvalue weighted by molar-refractivity contribution is 0.0411. The van der Waals surface area contributed by atoms with Gasteiger partial charge in [0.2, 0.25) is 0 Å². The van der Waals surface area contributed by atoms with Crippen molar-refractivity contribution in [3.05, 3.63) is 58.3 Å². The van der Waals surface area contributed by atoms with Crippen molar-refractivity contribution in [1.82, 2.24) is 14.7 Å². The largest absolute Gasteiger partial charge is 0.450 e. The molecule has 184 valence electrons. The molecule has 2 saturated heterocycles. The first-order valence-electron chi connectivity index (χ1n) is 12.6. The number of amides is 2. The number of rotatable bonds is 7. The van der Waals surface area contributed by atoms with Crippen molar-refractivity contribution < 1.29 is 14.3 Å². The molecule has 2 amide bonds. The Labute approximate surface area is 207 Å². The van der Waals surface area contributed by atoms with Crippen molar-refractivity contribution in [3.63, 3.8) is 0 Å². The molecule has 1 aromatic carbocycles. The normalized spacial score (nSPS) is 19.1. The highest BCUT2D eigenvalue weighted by molar-refractivity contribution is 7.12. The highest BCUT2D eigenvalue weighted by Crippen LogP contribution is 2.30. The number of ether oxygens (including phenoxy) is 1. The third-order valence-electron chi connectivity index (χ3n) is 7.46. The van der Waals surface area contributed by atoms with Crippen LogP contribution in [0, 0.1) is 5.92 Å². The monoisotopic (exact) mass is 483 g/mol. The van der Waals surface area contributed by atoms with Gasteiger partial charge in [0.15, 0.2) is 0 Å². The van der Waals surface area contributed by atoms with Crippen molar-refractivity contribution in [3.8, 4) is 0 Å². The minimum atomic E-state index is -0.179. The molecule has 2 aliphatic heterocycles. The first-order chi connectivity index (χ1) is 16.6. The van der Waals surface area contributed by atoms with Crippen LogP contribution in [-0.2, 0) is 11.2 Å². The third kappa shape index (κ3) is 5.99. The molecule has 0 saturated carbocycles. The van der Waals surface area contributed by atoms with Crippen LogP contribution in [0.25, 0.3) is 0 Å². The maximum atomic E-state index is 13.2. The SMILES string of the molecule is CCOC(=O)N1CCC(N2CCC([C@@H](Cc3ccccc3)N(C)C(=O)c3cccs3)CC2)CC1. The number of piperidine rings is 2. The van der Waals surface area contributed by atoms with E-state index in [4.69, 9.17) is 4.74 Å². The zero-order valence-corrected chi connectivity index (χ0v) is 21.2. The van der Waals surface area contributed by atoms with E-state index in [0.29, 0.717) is 18.6 Å². The molecule has 1 atom stereocenters. The van der Waals surface area contributed by atoms with E-state index >= 15 is 0 Å². The number of benzene rings is 1. The average Bonchev–Trinajstić information content (AvgIpc) is 3.43. The second-order valence-electron chi connectivity index (χ2n) is 9.44. The molecule has 34 heavy (non-hydrogen) atoms. The summed E-state index contributed by atoms with van der Waals surface area (Å²) in [5, 5.41) is 1.97. The minimum Gasteiger partial charge on any atom is -0.450 e. The van der Waals surface area contributed by atoms with Crippen LogP contribution in [0.2, 0.25) is 0 Å². The van der Waals surface area contributed by atoms with Gasteiger partial charge in [0, 0.05) is 32.2 Å². The molecule has 0 unspecified atom stereocenters. The molecule has 0 aliphatic carbocycles. The molecule has 6 nitrogen and oxygen atoms in total. The summed E-state index contributed by atoms with van der Waals surface area (Å²) < 4.78 is 5.16. The maximum Gasteiger partial charge on any atom is 0.409 e. The highest BCUT2D eigenvalue weighted by atomic mass is 32.1. The maximum absolute atomic E-state index is 13.2. The van der Waals surface area contributed by atoms with Crippen molar-refractivity contribution >= 4 is 23.3 Å². The molecule has 1 aromatic heterocycles. The molecular formula is C27H37N3O3S. The third-order valence-corrected chi connectivity index (χ3v) is 8.32. The predicted molar refractivity (Wildman–Crippen MR) is 136 cm³/mol. The van der Waals surface area contributed by atoms with Gasteiger partial charge in [-0.3, -0.25) is 4.79 Å². The number of hydrogen-bond donors (Lipinski definition) is 0. The van der Waals surface area contributed by atoms with Crippen molar-refractivity contribution in [2.75, 3.05) is 39.8 Å². The molecule has 0 bridgehead atoms. The molecule has 2 aliphatic rings. The Bertz CT molecular complexity index is 904. The lowest BCUT2D eigenvalue weighted by Gasteiger charge is -2.44. The summed E-state index contributed by atoms with van der Waals surface area (Å²) >= 11 is 1.52. The summed E-state index contributed by atoms with van der Waals surface area (Å²) in [6, 6.07) is 15.1. The van der Waals surface area contributed by atoms with Gasteiger partial charge < -0.3 is 19.4 Å². The van der Waals surface area contributed by atoms with Gasteiger partial charge in [0.1, 0.15) is 0 Å². The van der Waals surface area contributed by atoms with Crippen LogP contribution in [0.15, 0.2) is 47.8 Å². The van der Waals surface area contributed by atoms with Crippen molar-refractivity contribution in [2.45, 2.75) is 51.1 Å². The van der Waals surface area contributed by atoms with E-state index in [0.717, 1.165) is 63.2 Å². The quantitative estimate of drug-likeness (QED) is 0.570. The van der Waals surface area contributed by atoms with Crippen LogP contribution in [0.4, 0.5) is 4.79 Å². The Morgan fingerprint density at radius 3 is 2.35 bits per heavy atom. The Kier molecular flexibility index (Phi) is 8.62. The van der Waals surface area contributed by atoms with Gasteiger partial charge in [-0.1, -0.05) is 36.4 Å². The van der Waals surface area contributed by atoms with E-state index in [9.17, 15) is 9.59 Å². The molecule has 2 fully saturated rings. The van der Waals surface area contributed by atoms with Gasteiger partial charge in [0.25, 0.3) is 5.91 Å². The Balaban J connectivity index is 1.37. The van der Waals surface area contributed by atoms with Crippen LogP contribution >= 0.6 is 11.3 Å². The number of likely N-dealkylation sites (N-methyl/N-ethyl adjacent to an activating group) is 1. The number of carbonyl (C=O) groups excluding carboxylic acids is 2. The van der Waals surface area contributed by atoms with Gasteiger partial charge in [-0.05, 0) is 75.0 Å². The van der Waals surface area contributed by atoms with Gasteiger partial charge in [-0.15, -0.1) is 11.3 Å². The lowest BCUT2D eigenvalue weighted by atomic mass is 9.84. The van der Waals surface area contributed by atoms with Crippen LogP contribution < -0.4 is 0 Å². The molecule has 3 heterocycles. The summed E-state index contributed by atoms with van der Waals surface area (Å²) in [7, 11) is 1.98. The molecule has 0 spiro atoms. The van der Waals surface area contributed by atoms with Gasteiger partial charge in [0.05, 0.1) is 11.5 Å². The fraction of sp³-hybridized carbons (Fsp3) is 0.556. The zero-order valence-electron chi connectivity index (χ0n) is 20.4. The van der Waals surface area contributed by atoms with Crippen LogP contribution in [0.5, 0.6) is 0 Å². The van der Waals surface area contributed by atoms with E-state index in [-0.39, 0.29) is 18.0 Å². The number of hydrogen-bond acceptors (Lipinski definition) is 5. The van der Waals surface area contributed by atoms with Gasteiger partial charge in [-0.2, -0.15) is 0 Å². The first-order valence-corrected chi connectivity index (χ1v) is 13.4. The summed E-state index contributed by atoms with van der Waals surface area (Å²) in [4.78, 5) is 32.5. The molecule has 0 radical (unpaired) electrons. The van der Waals surface area contributed by atoms with E-state index in [1.54, 1.807) is 0 Å². The Morgan fingerprint density at radius 2 is 1.74 bits per heavy atom. The van der Waals surface area contributed by atoms with Crippen LogP contribution in [0.1, 0.15) is 47.8 Å². The zero-order chi connectivity index (χ0) is 23.9. The summed E-state index contributed by atoms with van der Waals surface area (Å²) in [6.07, 6.45) is 4.91. The number of thiophene rings is 1. The Hall–Kier alpha value is -2.38. The number of nitrogens with zero attached hydrogens (tertiary/aromatic N) is 3. The highest BCUT2D eigenvalue weighted by Gasteiger charge is 2.35.